The first-order valence-corrected chi connectivity index (χ1v) is 8.53. The zero-order valence-electron chi connectivity index (χ0n) is 14.8. The van der Waals surface area contributed by atoms with E-state index >= 15 is 0 Å². The van der Waals surface area contributed by atoms with Crippen molar-refractivity contribution in [2.45, 2.75) is 13.0 Å². The highest BCUT2D eigenvalue weighted by Gasteiger charge is 2.28. The average Bonchev–Trinajstić information content (AvgIpc) is 2.68. The SMILES string of the molecule is CCOc1ccc(OCC(=O)N2CCNCC2c2cccnc2)cc1.Cl. The quantitative estimate of drug-likeness (QED) is 0.837. The first-order chi connectivity index (χ1) is 12.3. The van der Waals surface area contributed by atoms with Crippen LogP contribution in [0.2, 0.25) is 0 Å². The molecule has 1 saturated heterocycles. The van der Waals surface area contributed by atoms with Crippen LogP contribution in [0.4, 0.5) is 0 Å². The molecule has 1 N–H and O–H groups in total. The van der Waals surface area contributed by atoms with Crippen LogP contribution in [0.15, 0.2) is 48.8 Å². The van der Waals surface area contributed by atoms with Crippen molar-refractivity contribution < 1.29 is 14.3 Å². The molecule has 0 spiro atoms. The summed E-state index contributed by atoms with van der Waals surface area (Å²) in [5.41, 5.74) is 1.03. The van der Waals surface area contributed by atoms with E-state index in [1.807, 2.05) is 54.4 Å². The minimum Gasteiger partial charge on any atom is -0.494 e. The van der Waals surface area contributed by atoms with Crippen molar-refractivity contribution in [2.24, 2.45) is 0 Å². The van der Waals surface area contributed by atoms with Crippen LogP contribution >= 0.6 is 12.4 Å². The molecule has 2 aromatic rings. The van der Waals surface area contributed by atoms with Crippen LogP contribution in [0.25, 0.3) is 0 Å². The highest BCUT2D eigenvalue weighted by molar-refractivity contribution is 5.85. The molecule has 140 valence electrons. The predicted octanol–water partition coefficient (Wildman–Crippen LogP) is 2.45. The molecule has 0 bridgehead atoms. The number of halogens is 1. The molecule has 0 saturated carbocycles. The summed E-state index contributed by atoms with van der Waals surface area (Å²) in [5, 5.41) is 3.33. The number of pyridine rings is 1. The lowest BCUT2D eigenvalue weighted by Crippen LogP contribution is -2.50. The van der Waals surface area contributed by atoms with E-state index < -0.39 is 0 Å². The Balaban J connectivity index is 0.00000243. The fourth-order valence-electron chi connectivity index (χ4n) is 2.90. The number of carbonyl (C=O) groups is 1. The topological polar surface area (TPSA) is 63.7 Å². The number of aromatic nitrogens is 1. The molecule has 1 fully saturated rings. The smallest absolute Gasteiger partial charge is 0.261 e. The Morgan fingerprint density at radius 3 is 2.62 bits per heavy atom. The van der Waals surface area contributed by atoms with E-state index in [0.29, 0.717) is 18.9 Å². The summed E-state index contributed by atoms with van der Waals surface area (Å²) in [6, 6.07) is 11.2. The molecular weight excluding hydrogens is 354 g/mol. The monoisotopic (exact) mass is 377 g/mol. The third-order valence-electron chi connectivity index (χ3n) is 4.13. The Labute approximate surface area is 159 Å². The van der Waals surface area contributed by atoms with Gasteiger partial charge in [-0.25, -0.2) is 0 Å². The zero-order chi connectivity index (χ0) is 17.5. The predicted molar refractivity (Wildman–Crippen MR) is 102 cm³/mol. The molecular formula is C19H24ClN3O3. The van der Waals surface area contributed by atoms with E-state index in [1.165, 1.54) is 0 Å². The maximum Gasteiger partial charge on any atom is 0.261 e. The maximum absolute atomic E-state index is 12.7. The Kier molecular flexibility index (Phi) is 7.69. The lowest BCUT2D eigenvalue weighted by atomic mass is 10.1. The first kappa shape index (κ1) is 20.0. The Morgan fingerprint density at radius 1 is 1.23 bits per heavy atom. The summed E-state index contributed by atoms with van der Waals surface area (Å²) in [6.45, 7) is 4.74. The number of amides is 1. The van der Waals surface area contributed by atoms with Crippen molar-refractivity contribution in [3.63, 3.8) is 0 Å². The van der Waals surface area contributed by atoms with Crippen LogP contribution in [0.5, 0.6) is 11.5 Å². The van der Waals surface area contributed by atoms with E-state index in [0.717, 1.165) is 24.4 Å². The molecule has 1 aromatic carbocycles. The summed E-state index contributed by atoms with van der Waals surface area (Å²) >= 11 is 0. The second-order valence-electron chi connectivity index (χ2n) is 5.79. The van der Waals surface area contributed by atoms with Gasteiger partial charge in [0.15, 0.2) is 6.61 Å². The van der Waals surface area contributed by atoms with E-state index in [4.69, 9.17) is 9.47 Å². The molecule has 1 amide bonds. The summed E-state index contributed by atoms with van der Waals surface area (Å²) in [5.74, 6) is 1.43. The highest BCUT2D eigenvalue weighted by Crippen LogP contribution is 2.22. The average molecular weight is 378 g/mol. The molecule has 1 aliphatic rings. The van der Waals surface area contributed by atoms with Crippen LogP contribution in [0, 0.1) is 0 Å². The molecule has 2 heterocycles. The fraction of sp³-hybridized carbons (Fsp3) is 0.368. The molecule has 7 heteroatoms. The van der Waals surface area contributed by atoms with Crippen LogP contribution in [-0.4, -0.2) is 48.6 Å². The summed E-state index contributed by atoms with van der Waals surface area (Å²) < 4.78 is 11.1. The van der Waals surface area contributed by atoms with Gasteiger partial charge in [0.05, 0.1) is 12.6 Å². The number of nitrogens with one attached hydrogen (secondary N) is 1. The van der Waals surface area contributed by atoms with E-state index in [1.54, 1.807) is 6.20 Å². The van der Waals surface area contributed by atoms with Gasteiger partial charge in [0.1, 0.15) is 11.5 Å². The molecule has 0 radical (unpaired) electrons. The molecule has 1 unspecified atom stereocenters. The number of carbonyl (C=O) groups excluding carboxylic acids is 1. The summed E-state index contributed by atoms with van der Waals surface area (Å²) in [6.07, 6.45) is 3.55. The number of ether oxygens (including phenoxy) is 2. The van der Waals surface area contributed by atoms with Gasteiger partial charge >= 0.3 is 0 Å². The van der Waals surface area contributed by atoms with Crippen LogP contribution < -0.4 is 14.8 Å². The van der Waals surface area contributed by atoms with Crippen LogP contribution in [0.3, 0.4) is 0 Å². The van der Waals surface area contributed by atoms with Gasteiger partial charge in [0, 0.05) is 32.0 Å². The number of benzene rings is 1. The lowest BCUT2D eigenvalue weighted by molar-refractivity contribution is -0.136. The molecule has 1 aliphatic heterocycles. The van der Waals surface area contributed by atoms with Gasteiger partial charge in [0.25, 0.3) is 5.91 Å². The molecule has 3 rings (SSSR count). The summed E-state index contributed by atoms with van der Waals surface area (Å²) in [4.78, 5) is 18.7. The molecule has 0 aliphatic carbocycles. The minimum atomic E-state index is -0.0239. The van der Waals surface area contributed by atoms with Crippen molar-refractivity contribution >= 4 is 18.3 Å². The van der Waals surface area contributed by atoms with Crippen molar-refractivity contribution in [1.82, 2.24) is 15.2 Å². The zero-order valence-corrected chi connectivity index (χ0v) is 15.6. The lowest BCUT2D eigenvalue weighted by Gasteiger charge is -2.36. The van der Waals surface area contributed by atoms with Crippen LogP contribution in [-0.2, 0) is 4.79 Å². The Hall–Kier alpha value is -2.31. The van der Waals surface area contributed by atoms with Crippen molar-refractivity contribution in [1.29, 1.82) is 0 Å². The van der Waals surface area contributed by atoms with Gasteiger partial charge in [-0.3, -0.25) is 9.78 Å². The van der Waals surface area contributed by atoms with Gasteiger partial charge in [-0.2, -0.15) is 0 Å². The standard InChI is InChI=1S/C19H23N3O3.ClH/c1-2-24-16-5-7-17(8-6-16)25-14-19(23)22-11-10-21-13-18(22)15-4-3-9-20-12-15;/h3-9,12,18,21H,2,10-11,13-14H2,1H3;1H. The number of piperazine rings is 1. The third-order valence-corrected chi connectivity index (χ3v) is 4.13. The second kappa shape index (κ2) is 9.99. The van der Waals surface area contributed by atoms with E-state index in [9.17, 15) is 4.79 Å². The number of hydrogen-bond donors (Lipinski definition) is 1. The van der Waals surface area contributed by atoms with Gasteiger partial charge in [-0.15, -0.1) is 12.4 Å². The normalized spacial score (nSPS) is 16.5. The van der Waals surface area contributed by atoms with Crippen LogP contribution in [0.1, 0.15) is 18.5 Å². The second-order valence-corrected chi connectivity index (χ2v) is 5.79. The van der Waals surface area contributed by atoms with Crippen molar-refractivity contribution in [3.8, 4) is 11.5 Å². The van der Waals surface area contributed by atoms with Crippen molar-refractivity contribution in [2.75, 3.05) is 32.8 Å². The largest absolute Gasteiger partial charge is 0.494 e. The van der Waals surface area contributed by atoms with E-state index in [-0.39, 0.29) is 31.0 Å². The molecule has 6 nitrogen and oxygen atoms in total. The maximum atomic E-state index is 12.7. The molecule has 26 heavy (non-hydrogen) atoms. The Morgan fingerprint density at radius 2 is 1.96 bits per heavy atom. The fourth-order valence-corrected chi connectivity index (χ4v) is 2.90. The van der Waals surface area contributed by atoms with Gasteiger partial charge < -0.3 is 19.7 Å². The molecule has 1 aromatic heterocycles. The van der Waals surface area contributed by atoms with Gasteiger partial charge in [-0.05, 0) is 42.8 Å². The van der Waals surface area contributed by atoms with E-state index in [2.05, 4.69) is 10.3 Å². The van der Waals surface area contributed by atoms with Gasteiger partial charge in [0.2, 0.25) is 0 Å². The highest BCUT2D eigenvalue weighted by atomic mass is 35.5. The number of nitrogens with zero attached hydrogens (tertiary/aromatic N) is 2. The number of rotatable bonds is 6. The van der Waals surface area contributed by atoms with Gasteiger partial charge in [-0.1, -0.05) is 6.07 Å². The van der Waals surface area contributed by atoms with Crippen molar-refractivity contribution in [3.05, 3.63) is 54.4 Å². The molecule has 1 atom stereocenters. The minimum absolute atomic E-state index is 0. The number of hydrogen-bond acceptors (Lipinski definition) is 5. The Bertz CT molecular complexity index is 682. The first-order valence-electron chi connectivity index (χ1n) is 8.53. The summed E-state index contributed by atoms with van der Waals surface area (Å²) in [7, 11) is 0. The third kappa shape index (κ3) is 5.09.